The number of hydrogen-bond acceptors (Lipinski definition) is 2. The highest BCUT2D eigenvalue weighted by Crippen LogP contribution is 2.39. The summed E-state index contributed by atoms with van der Waals surface area (Å²) in [7, 11) is 0. The van der Waals surface area contributed by atoms with Crippen LogP contribution >= 0.6 is 23.2 Å². The second-order valence-corrected chi connectivity index (χ2v) is 6.48. The topological polar surface area (TPSA) is 66.9 Å². The highest BCUT2D eigenvalue weighted by molar-refractivity contribution is 6.35. The first kappa shape index (κ1) is 15.2. The van der Waals surface area contributed by atoms with Crippen LogP contribution in [0.5, 0.6) is 0 Å². The third-order valence-electron chi connectivity index (χ3n) is 3.81. The fourth-order valence-corrected chi connectivity index (χ4v) is 3.36. The average molecular weight is 340 g/mol. The Morgan fingerprint density at radius 3 is 2.64 bits per heavy atom. The lowest BCUT2D eigenvalue weighted by Crippen LogP contribution is -2.27. The number of fused-ring (bicyclic) bond motifs is 1. The highest BCUT2D eigenvalue weighted by atomic mass is 35.5. The summed E-state index contributed by atoms with van der Waals surface area (Å²) >= 11 is 12.2. The van der Waals surface area contributed by atoms with E-state index in [0.717, 1.165) is 5.56 Å². The number of amides is 1. The number of aromatic amines is 1. The molecule has 22 heavy (non-hydrogen) atoms. The van der Waals surface area contributed by atoms with Crippen molar-refractivity contribution in [1.82, 2.24) is 9.78 Å². The van der Waals surface area contributed by atoms with E-state index in [4.69, 9.17) is 23.2 Å². The molecule has 0 unspecified atom stereocenters. The number of halogens is 2. The minimum Gasteiger partial charge on any atom is -0.311 e. The third kappa shape index (κ3) is 2.44. The van der Waals surface area contributed by atoms with Crippen LogP contribution in [0, 0.1) is 0 Å². The van der Waals surface area contributed by atoms with Crippen LogP contribution in [0.15, 0.2) is 23.0 Å². The fourth-order valence-electron chi connectivity index (χ4n) is 2.82. The lowest BCUT2D eigenvalue weighted by Gasteiger charge is -2.24. The number of hydrogen-bond donors (Lipinski definition) is 2. The van der Waals surface area contributed by atoms with E-state index < -0.39 is 0 Å². The van der Waals surface area contributed by atoms with Gasteiger partial charge in [0, 0.05) is 28.4 Å². The Hall–Kier alpha value is -1.72. The Bertz CT molecular complexity index is 808. The molecular weight excluding hydrogens is 325 g/mol. The second-order valence-electron chi connectivity index (χ2n) is 5.64. The number of carbonyl (C=O) groups is 1. The number of rotatable bonds is 2. The summed E-state index contributed by atoms with van der Waals surface area (Å²) in [5, 5.41) is 6.54. The maximum atomic E-state index is 12.4. The van der Waals surface area contributed by atoms with Gasteiger partial charge in [0.25, 0.3) is 5.56 Å². The molecule has 116 valence electrons. The maximum Gasteiger partial charge on any atom is 0.270 e. The molecule has 2 aromatic rings. The number of nitrogens with zero attached hydrogens (tertiary/aromatic N) is 1. The van der Waals surface area contributed by atoms with Gasteiger partial charge in [0.1, 0.15) is 5.82 Å². The monoisotopic (exact) mass is 339 g/mol. The summed E-state index contributed by atoms with van der Waals surface area (Å²) in [6, 6.07) is 5.13. The quantitative estimate of drug-likeness (QED) is 0.878. The molecule has 1 atom stereocenters. The Morgan fingerprint density at radius 2 is 2.00 bits per heavy atom. The molecule has 1 aromatic heterocycles. The van der Waals surface area contributed by atoms with Crippen LogP contribution in [0.25, 0.3) is 0 Å². The van der Waals surface area contributed by atoms with Crippen molar-refractivity contribution in [2.75, 3.05) is 5.32 Å². The van der Waals surface area contributed by atoms with Crippen LogP contribution in [0.2, 0.25) is 10.0 Å². The van der Waals surface area contributed by atoms with Crippen LogP contribution in [-0.2, 0) is 4.79 Å². The van der Waals surface area contributed by atoms with Crippen molar-refractivity contribution < 1.29 is 4.79 Å². The van der Waals surface area contributed by atoms with Crippen LogP contribution in [0.3, 0.4) is 0 Å². The Kier molecular flexibility index (Phi) is 3.78. The third-order valence-corrected chi connectivity index (χ3v) is 4.38. The van der Waals surface area contributed by atoms with Crippen molar-refractivity contribution in [3.05, 3.63) is 49.7 Å². The van der Waals surface area contributed by atoms with Gasteiger partial charge < -0.3 is 5.32 Å². The summed E-state index contributed by atoms with van der Waals surface area (Å²) in [5.41, 5.74) is 1.06. The van der Waals surface area contributed by atoms with Crippen molar-refractivity contribution in [2.24, 2.45) is 0 Å². The molecule has 5 nitrogen and oxygen atoms in total. The highest BCUT2D eigenvalue weighted by Gasteiger charge is 2.33. The minimum absolute atomic E-state index is 0.0242. The van der Waals surface area contributed by atoms with Gasteiger partial charge in [-0.2, -0.15) is 0 Å². The molecule has 2 N–H and O–H groups in total. The molecule has 1 amide bonds. The Morgan fingerprint density at radius 1 is 1.27 bits per heavy atom. The van der Waals surface area contributed by atoms with Crippen LogP contribution < -0.4 is 10.9 Å². The molecular formula is C15H15Cl2N3O2. The summed E-state index contributed by atoms with van der Waals surface area (Å²) in [6.45, 7) is 3.86. The lowest BCUT2D eigenvalue weighted by atomic mass is 9.87. The molecule has 0 bridgehead atoms. The summed E-state index contributed by atoms with van der Waals surface area (Å²) < 4.78 is 1.67. The van der Waals surface area contributed by atoms with Crippen molar-refractivity contribution >= 4 is 34.9 Å². The minimum atomic E-state index is -0.378. The standard InChI is InChI=1S/C15H15Cl2N3O2/c1-7(2)20-14-13(15(22)19-20)10(6-12(21)18-14)9-4-3-8(16)5-11(9)17/h3-5,7,10H,6H2,1-2H3,(H,18,21)(H,19,22)/t10-/m0/s1. The normalized spacial score (nSPS) is 17.5. The molecule has 1 aromatic carbocycles. The number of carbonyl (C=O) groups excluding carboxylic acids is 1. The molecule has 0 radical (unpaired) electrons. The predicted molar refractivity (Wildman–Crippen MR) is 87.0 cm³/mol. The summed E-state index contributed by atoms with van der Waals surface area (Å²) in [4.78, 5) is 24.4. The van der Waals surface area contributed by atoms with Crippen LogP contribution in [0.1, 0.15) is 43.4 Å². The van der Waals surface area contributed by atoms with Gasteiger partial charge in [-0.1, -0.05) is 29.3 Å². The van der Waals surface area contributed by atoms with E-state index in [1.165, 1.54) is 0 Å². The van der Waals surface area contributed by atoms with Crippen LogP contribution in [0.4, 0.5) is 5.82 Å². The van der Waals surface area contributed by atoms with Gasteiger partial charge in [-0.05, 0) is 31.5 Å². The van der Waals surface area contributed by atoms with Crippen molar-refractivity contribution in [3.8, 4) is 0 Å². The number of H-pyrrole nitrogens is 1. The molecule has 0 saturated heterocycles. The molecule has 3 rings (SSSR count). The number of benzene rings is 1. The molecule has 0 fully saturated rings. The number of nitrogens with one attached hydrogen (secondary N) is 2. The van der Waals surface area contributed by atoms with Crippen molar-refractivity contribution in [3.63, 3.8) is 0 Å². The van der Waals surface area contributed by atoms with Crippen molar-refractivity contribution in [1.29, 1.82) is 0 Å². The molecule has 7 heteroatoms. The maximum absolute atomic E-state index is 12.4. The number of aromatic nitrogens is 2. The zero-order valence-corrected chi connectivity index (χ0v) is 13.6. The summed E-state index contributed by atoms with van der Waals surface area (Å²) in [5.74, 6) is 0.00134. The average Bonchev–Trinajstić information content (AvgIpc) is 2.75. The van der Waals surface area contributed by atoms with Gasteiger partial charge in [-0.3, -0.25) is 19.4 Å². The second kappa shape index (κ2) is 5.48. The zero-order chi connectivity index (χ0) is 16.0. The SMILES string of the molecule is CC(C)n1[nH]c(=O)c2c1NC(=O)C[C@H]2c1ccc(Cl)cc1Cl. The number of anilines is 1. The smallest absolute Gasteiger partial charge is 0.270 e. The Balaban J connectivity index is 2.20. The van der Waals surface area contributed by atoms with E-state index in [1.54, 1.807) is 22.9 Å². The van der Waals surface area contributed by atoms with E-state index in [1.807, 2.05) is 13.8 Å². The van der Waals surface area contributed by atoms with Gasteiger partial charge in [-0.15, -0.1) is 0 Å². The predicted octanol–water partition coefficient (Wildman–Crippen LogP) is 3.54. The molecule has 2 heterocycles. The van der Waals surface area contributed by atoms with Crippen molar-refractivity contribution in [2.45, 2.75) is 32.2 Å². The van der Waals surface area contributed by atoms with Gasteiger partial charge in [-0.25, -0.2) is 0 Å². The first-order valence-electron chi connectivity index (χ1n) is 6.97. The van der Waals surface area contributed by atoms with Gasteiger partial charge in [0.2, 0.25) is 5.91 Å². The molecule has 1 aliphatic rings. The van der Waals surface area contributed by atoms with E-state index in [0.29, 0.717) is 21.4 Å². The van der Waals surface area contributed by atoms with E-state index >= 15 is 0 Å². The molecule has 0 saturated carbocycles. The first-order chi connectivity index (χ1) is 10.4. The zero-order valence-electron chi connectivity index (χ0n) is 12.1. The largest absolute Gasteiger partial charge is 0.311 e. The van der Waals surface area contributed by atoms with E-state index in [9.17, 15) is 9.59 Å². The molecule has 1 aliphatic heterocycles. The first-order valence-corrected chi connectivity index (χ1v) is 7.73. The van der Waals surface area contributed by atoms with Gasteiger partial charge in [0.05, 0.1) is 5.56 Å². The van der Waals surface area contributed by atoms with Gasteiger partial charge in [0.15, 0.2) is 0 Å². The summed E-state index contributed by atoms with van der Waals surface area (Å²) in [6.07, 6.45) is 0.180. The molecule has 0 aliphatic carbocycles. The fraction of sp³-hybridized carbons (Fsp3) is 0.333. The van der Waals surface area contributed by atoms with E-state index in [-0.39, 0.29) is 29.8 Å². The Labute approximate surface area is 137 Å². The van der Waals surface area contributed by atoms with E-state index in [2.05, 4.69) is 10.4 Å². The molecule has 0 spiro atoms. The van der Waals surface area contributed by atoms with Gasteiger partial charge >= 0.3 is 0 Å². The lowest BCUT2D eigenvalue weighted by molar-refractivity contribution is -0.116. The van der Waals surface area contributed by atoms with Crippen LogP contribution in [-0.4, -0.2) is 15.7 Å².